The average Bonchev–Trinajstić information content (AvgIpc) is 3.39. The fraction of sp³-hybridized carbons (Fsp3) is 0.240. The monoisotopic (exact) mass is 341 g/mol. The van der Waals surface area contributed by atoms with Gasteiger partial charge in [0.25, 0.3) is 0 Å². The van der Waals surface area contributed by atoms with E-state index in [9.17, 15) is 0 Å². The highest BCUT2D eigenvalue weighted by molar-refractivity contribution is 6.07. The molecule has 0 radical (unpaired) electrons. The van der Waals surface area contributed by atoms with Crippen molar-refractivity contribution in [3.05, 3.63) is 83.1 Å². The van der Waals surface area contributed by atoms with Gasteiger partial charge in [0, 0.05) is 11.9 Å². The second-order valence-corrected chi connectivity index (χ2v) is 6.89. The van der Waals surface area contributed by atoms with Gasteiger partial charge < -0.3 is 0 Å². The largest absolute Gasteiger partial charge is 0.261 e. The van der Waals surface area contributed by atoms with Crippen LogP contribution in [0.15, 0.2) is 65.8 Å². The Labute approximate surface area is 157 Å². The molecule has 1 aliphatic rings. The van der Waals surface area contributed by atoms with Gasteiger partial charge in [0.2, 0.25) is 0 Å². The van der Waals surface area contributed by atoms with Gasteiger partial charge in [0.15, 0.2) is 0 Å². The van der Waals surface area contributed by atoms with Crippen molar-refractivity contribution in [3.63, 3.8) is 0 Å². The zero-order valence-corrected chi connectivity index (χ0v) is 16.5. The van der Waals surface area contributed by atoms with Crippen molar-refractivity contribution in [1.29, 1.82) is 0 Å². The van der Waals surface area contributed by atoms with E-state index in [4.69, 9.17) is 0 Å². The van der Waals surface area contributed by atoms with Crippen molar-refractivity contribution in [3.8, 4) is 11.1 Å². The summed E-state index contributed by atoms with van der Waals surface area (Å²) < 4.78 is 0. The molecule has 3 rings (SSSR count). The van der Waals surface area contributed by atoms with E-state index < -0.39 is 0 Å². The standard InChI is InChI=1S/C25H27N/c1-7-16(3)19(6)26-15-17(4)21-11-9-12-22(18(21)5)24-14-10-13-23-20(8-2)25(23)24/h8-15H,3,7H2,1-2,4-6H3/b17-15+,20-8+,26-19?. The van der Waals surface area contributed by atoms with E-state index in [0.29, 0.717) is 0 Å². The van der Waals surface area contributed by atoms with Gasteiger partial charge >= 0.3 is 0 Å². The van der Waals surface area contributed by atoms with E-state index in [0.717, 1.165) is 17.7 Å². The molecule has 0 saturated carbocycles. The van der Waals surface area contributed by atoms with Crippen LogP contribution in [0.1, 0.15) is 56.4 Å². The van der Waals surface area contributed by atoms with Crippen LogP contribution in [-0.4, -0.2) is 5.71 Å². The normalized spacial score (nSPS) is 15.2. The molecular formula is C25H27N. The number of fused-ring (bicyclic) bond motifs is 1. The maximum atomic E-state index is 4.61. The van der Waals surface area contributed by atoms with E-state index >= 15 is 0 Å². The molecule has 0 unspecified atom stereocenters. The second-order valence-electron chi connectivity index (χ2n) is 6.89. The molecule has 0 atom stereocenters. The number of allylic oxidation sites excluding steroid dienone is 3. The maximum absolute atomic E-state index is 4.61. The van der Waals surface area contributed by atoms with Crippen molar-refractivity contribution >= 4 is 16.9 Å². The summed E-state index contributed by atoms with van der Waals surface area (Å²) in [6.07, 6.45) is 5.11. The van der Waals surface area contributed by atoms with Crippen LogP contribution in [0.25, 0.3) is 22.3 Å². The molecule has 0 saturated heterocycles. The molecule has 2 aromatic rings. The summed E-state index contributed by atoms with van der Waals surface area (Å²) in [6.45, 7) is 14.6. The quantitative estimate of drug-likeness (QED) is 0.435. The highest BCUT2D eigenvalue weighted by Gasteiger charge is 2.28. The Morgan fingerprint density at radius 2 is 1.69 bits per heavy atom. The first-order valence-electron chi connectivity index (χ1n) is 9.29. The number of hydrogen-bond acceptors (Lipinski definition) is 1. The molecule has 0 bridgehead atoms. The van der Waals surface area contributed by atoms with Crippen LogP contribution in [0.2, 0.25) is 0 Å². The Balaban J connectivity index is 2.01. The topological polar surface area (TPSA) is 12.4 Å². The first-order valence-corrected chi connectivity index (χ1v) is 9.29. The Kier molecular flexibility index (Phi) is 5.08. The summed E-state index contributed by atoms with van der Waals surface area (Å²) in [7, 11) is 0. The zero-order chi connectivity index (χ0) is 18.8. The van der Waals surface area contributed by atoms with Crippen LogP contribution in [-0.2, 0) is 0 Å². The molecule has 0 heterocycles. The fourth-order valence-electron chi connectivity index (χ4n) is 3.49. The van der Waals surface area contributed by atoms with Gasteiger partial charge in [-0.1, -0.05) is 56.0 Å². The average molecular weight is 341 g/mol. The molecule has 26 heavy (non-hydrogen) atoms. The summed E-state index contributed by atoms with van der Waals surface area (Å²) in [6, 6.07) is 13.1. The molecular weight excluding hydrogens is 314 g/mol. The minimum Gasteiger partial charge on any atom is -0.261 e. The van der Waals surface area contributed by atoms with Gasteiger partial charge in [0.1, 0.15) is 0 Å². The molecule has 1 heteroatoms. The van der Waals surface area contributed by atoms with Gasteiger partial charge in [-0.15, -0.1) is 0 Å². The number of aliphatic imine (C=N–C) groups is 1. The zero-order valence-electron chi connectivity index (χ0n) is 16.5. The lowest BCUT2D eigenvalue weighted by Crippen LogP contribution is -1.94. The van der Waals surface area contributed by atoms with Gasteiger partial charge in [-0.05, 0) is 84.2 Å². The minimum atomic E-state index is 0.934. The molecule has 0 aliphatic heterocycles. The Morgan fingerprint density at radius 3 is 2.38 bits per heavy atom. The van der Waals surface area contributed by atoms with Crippen molar-refractivity contribution in [2.24, 2.45) is 4.99 Å². The summed E-state index contributed by atoms with van der Waals surface area (Å²) in [5, 5.41) is 0. The third kappa shape index (κ3) is 3.22. The van der Waals surface area contributed by atoms with Crippen molar-refractivity contribution < 1.29 is 0 Å². The van der Waals surface area contributed by atoms with Crippen molar-refractivity contribution in [2.75, 3.05) is 0 Å². The highest BCUT2D eigenvalue weighted by atomic mass is 14.7. The predicted molar refractivity (Wildman–Crippen MR) is 116 cm³/mol. The first kappa shape index (κ1) is 18.1. The van der Waals surface area contributed by atoms with Gasteiger partial charge in [-0.2, -0.15) is 0 Å². The summed E-state index contributed by atoms with van der Waals surface area (Å²) in [5.41, 5.74) is 12.7. The lowest BCUT2D eigenvalue weighted by atomic mass is 9.93. The lowest BCUT2D eigenvalue weighted by molar-refractivity contribution is 1.17. The minimum absolute atomic E-state index is 0.934. The number of benzene rings is 2. The molecule has 132 valence electrons. The Morgan fingerprint density at radius 1 is 1.04 bits per heavy atom. The molecule has 1 nitrogen and oxygen atoms in total. The molecule has 0 N–H and O–H groups in total. The predicted octanol–water partition coefficient (Wildman–Crippen LogP) is 7.21. The molecule has 0 aromatic heterocycles. The van der Waals surface area contributed by atoms with Gasteiger partial charge in [-0.25, -0.2) is 0 Å². The van der Waals surface area contributed by atoms with Crippen molar-refractivity contribution in [2.45, 2.75) is 41.0 Å². The fourth-order valence-corrected chi connectivity index (χ4v) is 3.49. The Hall–Kier alpha value is -2.67. The maximum Gasteiger partial charge on any atom is 0.0398 e. The summed E-state index contributed by atoms with van der Waals surface area (Å²) in [5.74, 6) is 0. The van der Waals surface area contributed by atoms with Gasteiger partial charge in [0.05, 0.1) is 0 Å². The van der Waals surface area contributed by atoms with Crippen molar-refractivity contribution in [1.82, 2.24) is 0 Å². The molecule has 2 aromatic carbocycles. The highest BCUT2D eigenvalue weighted by Crippen LogP contribution is 2.49. The SMILES string of the molecule is C=C(CC)C(C)=N/C=C(\C)c1cccc(-c2cccc3c2/C3=C/C)c1C. The molecule has 0 spiro atoms. The third-order valence-electron chi connectivity index (χ3n) is 5.29. The van der Waals surface area contributed by atoms with Crippen LogP contribution < -0.4 is 0 Å². The van der Waals surface area contributed by atoms with Crippen LogP contribution in [0.4, 0.5) is 0 Å². The molecule has 0 fully saturated rings. The van der Waals surface area contributed by atoms with E-state index in [1.807, 2.05) is 13.1 Å². The summed E-state index contributed by atoms with van der Waals surface area (Å²) in [4.78, 5) is 4.61. The number of nitrogens with zero attached hydrogens (tertiary/aromatic N) is 1. The second kappa shape index (κ2) is 7.29. The van der Waals surface area contributed by atoms with E-state index in [-0.39, 0.29) is 0 Å². The third-order valence-corrected chi connectivity index (χ3v) is 5.29. The first-order chi connectivity index (χ1) is 12.5. The van der Waals surface area contributed by atoms with E-state index in [1.54, 1.807) is 0 Å². The number of rotatable bonds is 5. The Bertz CT molecular complexity index is 968. The van der Waals surface area contributed by atoms with E-state index in [1.165, 1.54) is 44.5 Å². The summed E-state index contributed by atoms with van der Waals surface area (Å²) >= 11 is 0. The van der Waals surface area contributed by atoms with E-state index in [2.05, 4.69) is 81.7 Å². The number of hydrogen-bond donors (Lipinski definition) is 0. The van der Waals surface area contributed by atoms with Crippen LogP contribution in [0.5, 0.6) is 0 Å². The molecule has 0 amide bonds. The lowest BCUT2D eigenvalue weighted by Gasteiger charge is -2.12. The smallest absolute Gasteiger partial charge is 0.0398 e. The van der Waals surface area contributed by atoms with Crippen LogP contribution in [0, 0.1) is 6.92 Å². The van der Waals surface area contributed by atoms with Crippen LogP contribution >= 0.6 is 0 Å². The van der Waals surface area contributed by atoms with Crippen LogP contribution in [0.3, 0.4) is 0 Å². The molecule has 1 aliphatic carbocycles. The van der Waals surface area contributed by atoms with Gasteiger partial charge in [-0.3, -0.25) is 4.99 Å².